The minimum atomic E-state index is -1.01. The number of hydrogen-bond donors (Lipinski definition) is 2. The molecule has 18 heavy (non-hydrogen) atoms. The van der Waals surface area contributed by atoms with Crippen molar-refractivity contribution in [3.8, 4) is 0 Å². The Labute approximate surface area is 109 Å². The number of carbonyl (C=O) groups excluding carboxylic acids is 1. The number of methoxy groups -OCH3 is 1. The highest BCUT2D eigenvalue weighted by Crippen LogP contribution is 2.10. The second kappa shape index (κ2) is 7.84. The fourth-order valence-corrected chi connectivity index (χ4v) is 2.24. The minimum absolute atomic E-state index is 0.148. The summed E-state index contributed by atoms with van der Waals surface area (Å²) in [5, 5.41) is 2.72. The largest absolute Gasteiger partial charge is 0.399 e. The van der Waals surface area contributed by atoms with Crippen LogP contribution in [0.25, 0.3) is 0 Å². The third kappa shape index (κ3) is 5.79. The van der Waals surface area contributed by atoms with E-state index in [2.05, 4.69) is 5.32 Å². The summed E-state index contributed by atoms with van der Waals surface area (Å²) in [4.78, 5) is 11.6. The Hall–Kier alpha value is -1.40. The Morgan fingerprint density at radius 2 is 2.00 bits per heavy atom. The molecule has 0 aliphatic rings. The van der Waals surface area contributed by atoms with Crippen molar-refractivity contribution in [3.63, 3.8) is 0 Å². The first-order chi connectivity index (χ1) is 8.61. The van der Waals surface area contributed by atoms with E-state index in [1.807, 2.05) is 0 Å². The molecule has 1 rings (SSSR count). The lowest BCUT2D eigenvalue weighted by molar-refractivity contribution is -0.115. The maximum atomic E-state index is 11.6. The number of benzene rings is 1. The summed E-state index contributed by atoms with van der Waals surface area (Å²) in [6.07, 6.45) is 0.237. The van der Waals surface area contributed by atoms with Crippen LogP contribution < -0.4 is 11.1 Å². The predicted molar refractivity (Wildman–Crippen MR) is 73.9 cm³/mol. The monoisotopic (exact) mass is 270 g/mol. The average molecular weight is 270 g/mol. The molecule has 3 N–H and O–H groups in total. The van der Waals surface area contributed by atoms with Crippen molar-refractivity contribution in [2.75, 3.05) is 36.3 Å². The normalized spacial score (nSPS) is 12.1. The van der Waals surface area contributed by atoms with Crippen LogP contribution in [0.15, 0.2) is 24.3 Å². The van der Waals surface area contributed by atoms with E-state index >= 15 is 0 Å². The molecular weight excluding hydrogens is 252 g/mol. The van der Waals surface area contributed by atoms with Gasteiger partial charge in [-0.15, -0.1) is 0 Å². The van der Waals surface area contributed by atoms with Crippen molar-refractivity contribution in [3.05, 3.63) is 24.3 Å². The van der Waals surface area contributed by atoms with Crippen LogP contribution in [0.3, 0.4) is 0 Å². The van der Waals surface area contributed by atoms with Crippen LogP contribution in [-0.4, -0.2) is 35.3 Å². The smallest absolute Gasteiger partial charge is 0.225 e. The van der Waals surface area contributed by atoms with Crippen LogP contribution in [0.2, 0.25) is 0 Å². The number of ether oxygens (including phenoxy) is 1. The summed E-state index contributed by atoms with van der Waals surface area (Å²) >= 11 is 0. The molecule has 6 heteroatoms. The summed E-state index contributed by atoms with van der Waals surface area (Å²) in [6.45, 7) is 0.451. The van der Waals surface area contributed by atoms with Crippen LogP contribution in [0.4, 0.5) is 11.4 Å². The average Bonchev–Trinajstić information content (AvgIpc) is 2.36. The molecule has 0 aromatic heterocycles. The third-order valence-corrected chi connectivity index (χ3v) is 3.55. The van der Waals surface area contributed by atoms with Crippen LogP contribution in [0.1, 0.15) is 6.42 Å². The van der Waals surface area contributed by atoms with E-state index in [-0.39, 0.29) is 12.3 Å². The minimum Gasteiger partial charge on any atom is -0.399 e. The molecule has 0 aliphatic carbocycles. The lowest BCUT2D eigenvalue weighted by atomic mass is 10.3. The molecule has 1 aromatic rings. The van der Waals surface area contributed by atoms with E-state index in [4.69, 9.17) is 10.5 Å². The first kappa shape index (κ1) is 14.7. The Bertz CT molecular complexity index is 406. The highest BCUT2D eigenvalue weighted by molar-refractivity contribution is 7.85. The van der Waals surface area contributed by atoms with Crippen LogP contribution in [-0.2, 0) is 20.3 Å². The molecule has 0 saturated heterocycles. The number of nitrogen functional groups attached to an aromatic ring is 1. The van der Waals surface area contributed by atoms with Crippen LogP contribution in [0, 0.1) is 0 Å². The van der Waals surface area contributed by atoms with Gasteiger partial charge in [0.15, 0.2) is 0 Å². The second-order valence-corrected chi connectivity index (χ2v) is 5.46. The lowest BCUT2D eigenvalue weighted by Gasteiger charge is -2.05. The molecule has 0 fully saturated rings. The van der Waals surface area contributed by atoms with Gasteiger partial charge < -0.3 is 15.8 Å². The Kier molecular flexibility index (Phi) is 6.38. The standard InChI is InChI=1S/C12H18N2O3S/c1-17-7-9-18(16)8-6-12(15)14-11-4-2-10(13)3-5-11/h2-5H,6-9,13H2,1H3,(H,14,15). The second-order valence-electron chi connectivity index (χ2n) is 3.76. The highest BCUT2D eigenvalue weighted by atomic mass is 32.2. The number of hydrogen-bond acceptors (Lipinski definition) is 4. The number of nitrogens with two attached hydrogens (primary N) is 1. The lowest BCUT2D eigenvalue weighted by Crippen LogP contribution is -2.16. The zero-order valence-corrected chi connectivity index (χ0v) is 11.2. The van der Waals surface area contributed by atoms with Crippen LogP contribution >= 0.6 is 0 Å². The molecule has 0 spiro atoms. The van der Waals surface area contributed by atoms with Gasteiger partial charge in [0.25, 0.3) is 0 Å². The van der Waals surface area contributed by atoms with E-state index in [9.17, 15) is 9.00 Å². The maximum Gasteiger partial charge on any atom is 0.225 e. The Balaban J connectivity index is 2.29. The third-order valence-electron chi connectivity index (χ3n) is 2.27. The van der Waals surface area contributed by atoms with Gasteiger partial charge in [0, 0.05) is 47.2 Å². The van der Waals surface area contributed by atoms with Gasteiger partial charge in [0.05, 0.1) is 6.61 Å². The van der Waals surface area contributed by atoms with Crippen molar-refractivity contribution in [1.29, 1.82) is 0 Å². The predicted octanol–water partition coefficient (Wildman–Crippen LogP) is 0.992. The number of amides is 1. The van der Waals surface area contributed by atoms with Gasteiger partial charge in [-0.3, -0.25) is 9.00 Å². The molecule has 0 radical (unpaired) electrons. The fourth-order valence-electron chi connectivity index (χ4n) is 1.27. The summed E-state index contributed by atoms with van der Waals surface area (Å²) in [5.41, 5.74) is 6.88. The molecule has 1 unspecified atom stereocenters. The fraction of sp³-hybridized carbons (Fsp3) is 0.417. The summed E-state index contributed by atoms with van der Waals surface area (Å²) in [6, 6.07) is 6.89. The van der Waals surface area contributed by atoms with Crippen molar-refractivity contribution in [2.45, 2.75) is 6.42 Å². The molecule has 0 aliphatic heterocycles. The Morgan fingerprint density at radius 1 is 1.33 bits per heavy atom. The van der Waals surface area contributed by atoms with E-state index in [0.717, 1.165) is 0 Å². The molecule has 1 atom stereocenters. The first-order valence-corrected chi connectivity index (χ1v) is 7.10. The zero-order valence-electron chi connectivity index (χ0n) is 10.3. The molecule has 0 heterocycles. The van der Waals surface area contributed by atoms with Gasteiger partial charge in [0.1, 0.15) is 0 Å². The number of nitrogens with one attached hydrogen (secondary N) is 1. The number of anilines is 2. The van der Waals surface area contributed by atoms with E-state index < -0.39 is 10.8 Å². The number of rotatable bonds is 7. The first-order valence-electron chi connectivity index (χ1n) is 5.61. The van der Waals surface area contributed by atoms with Gasteiger partial charge in [-0.05, 0) is 24.3 Å². The quantitative estimate of drug-likeness (QED) is 0.724. The summed E-state index contributed by atoms with van der Waals surface area (Å²) < 4.78 is 16.3. The summed E-state index contributed by atoms with van der Waals surface area (Å²) in [7, 11) is 0.553. The van der Waals surface area contributed by atoms with E-state index in [0.29, 0.717) is 29.5 Å². The highest BCUT2D eigenvalue weighted by Gasteiger charge is 2.06. The molecule has 100 valence electrons. The molecule has 1 aromatic carbocycles. The molecule has 5 nitrogen and oxygen atoms in total. The topological polar surface area (TPSA) is 81.4 Å². The van der Waals surface area contributed by atoms with Gasteiger partial charge in [-0.1, -0.05) is 0 Å². The van der Waals surface area contributed by atoms with Crippen molar-refractivity contribution < 1.29 is 13.7 Å². The van der Waals surface area contributed by atoms with Crippen molar-refractivity contribution >= 4 is 28.1 Å². The number of carbonyl (C=O) groups is 1. The van der Waals surface area contributed by atoms with Crippen molar-refractivity contribution in [1.82, 2.24) is 0 Å². The summed E-state index contributed by atoms with van der Waals surface area (Å²) in [5.74, 6) is 0.668. The SMILES string of the molecule is COCCS(=O)CCC(=O)Nc1ccc(N)cc1. The van der Waals surface area contributed by atoms with E-state index in [1.54, 1.807) is 31.4 Å². The molecule has 0 saturated carbocycles. The van der Waals surface area contributed by atoms with Gasteiger partial charge in [-0.25, -0.2) is 0 Å². The Morgan fingerprint density at radius 3 is 2.61 bits per heavy atom. The van der Waals surface area contributed by atoms with Crippen molar-refractivity contribution in [2.24, 2.45) is 0 Å². The van der Waals surface area contributed by atoms with Gasteiger partial charge in [0.2, 0.25) is 5.91 Å². The van der Waals surface area contributed by atoms with Crippen LogP contribution in [0.5, 0.6) is 0 Å². The molecule has 1 amide bonds. The van der Waals surface area contributed by atoms with Gasteiger partial charge in [-0.2, -0.15) is 0 Å². The van der Waals surface area contributed by atoms with Gasteiger partial charge >= 0.3 is 0 Å². The maximum absolute atomic E-state index is 11.6. The van der Waals surface area contributed by atoms with E-state index in [1.165, 1.54) is 0 Å². The molecule has 0 bridgehead atoms. The molecular formula is C12H18N2O3S. The zero-order chi connectivity index (χ0) is 13.4.